The minimum Gasteiger partial charge on any atom is -0.550 e. The van der Waals surface area contributed by atoms with Crippen molar-refractivity contribution in [3.63, 3.8) is 0 Å². The van der Waals surface area contributed by atoms with Gasteiger partial charge in [-0.3, -0.25) is 0 Å². The van der Waals surface area contributed by atoms with Gasteiger partial charge in [-0.1, -0.05) is 57.6 Å². The average Bonchev–Trinajstić information content (AvgIpc) is 2.82. The first-order chi connectivity index (χ1) is 12.0. The van der Waals surface area contributed by atoms with Crippen molar-refractivity contribution in [1.29, 1.82) is 0 Å². The Bertz CT molecular complexity index is 396. The lowest BCUT2D eigenvalue weighted by atomic mass is 9.88. The largest absolute Gasteiger partial charge is 0.550 e. The minimum absolute atomic E-state index is 0.00947. The minimum atomic E-state index is -1.00. The highest BCUT2D eigenvalue weighted by atomic mass is 16.4. The van der Waals surface area contributed by atoms with Crippen molar-refractivity contribution in [2.24, 2.45) is 11.8 Å². The molecule has 1 rings (SSSR count). The molecule has 0 spiro atoms. The summed E-state index contributed by atoms with van der Waals surface area (Å²) >= 11 is 0. The van der Waals surface area contributed by atoms with Crippen LogP contribution in [0.5, 0.6) is 0 Å². The third-order valence-electron chi connectivity index (χ3n) is 5.24. The number of hydrogen-bond donors (Lipinski definition) is 3. The molecule has 5 heteroatoms. The number of carboxylic acid groups (broad SMARTS) is 1. The highest BCUT2D eigenvalue weighted by Gasteiger charge is 2.39. The number of aliphatic hydroxyl groups excluding tert-OH is 3. The zero-order valence-corrected chi connectivity index (χ0v) is 15.5. The highest BCUT2D eigenvalue weighted by molar-refractivity contribution is 5.64. The third-order valence-corrected chi connectivity index (χ3v) is 5.24. The van der Waals surface area contributed by atoms with Crippen molar-refractivity contribution in [1.82, 2.24) is 0 Å². The summed E-state index contributed by atoms with van der Waals surface area (Å²) in [7, 11) is 0. The summed E-state index contributed by atoms with van der Waals surface area (Å²) in [4.78, 5) is 10.4. The second-order valence-electron chi connectivity index (χ2n) is 7.38. The molecule has 0 aromatic carbocycles. The summed E-state index contributed by atoms with van der Waals surface area (Å²) in [5.41, 5.74) is 0. The summed E-state index contributed by atoms with van der Waals surface area (Å²) < 4.78 is 0. The lowest BCUT2D eigenvalue weighted by molar-refractivity contribution is -0.305. The van der Waals surface area contributed by atoms with E-state index in [9.17, 15) is 25.2 Å². The van der Waals surface area contributed by atoms with Crippen LogP contribution in [0.4, 0.5) is 0 Å². The molecule has 5 atom stereocenters. The van der Waals surface area contributed by atoms with Crippen LogP contribution in [0.3, 0.4) is 0 Å². The fraction of sp³-hybridized carbons (Fsp3) is 0.850. The number of aliphatic carboxylic acids is 1. The Balaban J connectivity index is 2.38. The number of carbonyl (C=O) groups excluding carboxylic acids is 1. The number of hydrogen-bond acceptors (Lipinski definition) is 5. The summed E-state index contributed by atoms with van der Waals surface area (Å²) in [6.07, 6.45) is 10.7. The predicted molar refractivity (Wildman–Crippen MR) is 95.6 cm³/mol. The molecule has 0 radical (unpaired) electrons. The van der Waals surface area contributed by atoms with E-state index in [-0.39, 0.29) is 18.3 Å². The molecule has 25 heavy (non-hydrogen) atoms. The summed E-state index contributed by atoms with van der Waals surface area (Å²) in [5.74, 6) is -1.11. The molecule has 0 aliphatic heterocycles. The Labute approximate surface area is 151 Å². The smallest absolute Gasteiger partial charge is 0.0721 e. The van der Waals surface area contributed by atoms with E-state index in [2.05, 4.69) is 6.92 Å². The number of unbranched alkanes of at least 4 members (excludes halogenated alkanes) is 5. The van der Waals surface area contributed by atoms with Gasteiger partial charge < -0.3 is 25.2 Å². The van der Waals surface area contributed by atoms with Crippen molar-refractivity contribution in [3.05, 3.63) is 12.2 Å². The van der Waals surface area contributed by atoms with Gasteiger partial charge >= 0.3 is 0 Å². The standard InChI is InChI=1S/C20H36O5/c1-2-3-6-9-15(21)12-13-17-16(18(22)14-19(17)23)10-7-4-5-8-11-20(24)25/h12-13,15-19,21-23H,2-11,14H2,1H3,(H,24,25)/p-1/b13-12+/t15-,16+,17+,18-,19+/m0/s1. The fourth-order valence-electron chi connectivity index (χ4n) is 3.74. The molecule has 1 aliphatic carbocycles. The van der Waals surface area contributed by atoms with Crippen LogP contribution in [-0.2, 0) is 4.79 Å². The summed E-state index contributed by atoms with van der Waals surface area (Å²) in [5, 5.41) is 40.8. The fourth-order valence-corrected chi connectivity index (χ4v) is 3.74. The van der Waals surface area contributed by atoms with E-state index in [4.69, 9.17) is 0 Å². The molecule has 3 N–H and O–H groups in total. The molecule has 1 saturated carbocycles. The molecule has 0 aromatic rings. The highest BCUT2D eigenvalue weighted by Crippen LogP contribution is 2.37. The van der Waals surface area contributed by atoms with E-state index in [1.54, 1.807) is 6.08 Å². The molecule has 0 heterocycles. The molecule has 0 amide bonds. The Morgan fingerprint density at radius 3 is 2.52 bits per heavy atom. The van der Waals surface area contributed by atoms with Gasteiger partial charge in [0.1, 0.15) is 0 Å². The summed E-state index contributed by atoms with van der Waals surface area (Å²) in [6, 6.07) is 0. The molecule has 146 valence electrons. The van der Waals surface area contributed by atoms with Crippen LogP contribution < -0.4 is 5.11 Å². The molecule has 1 fully saturated rings. The third kappa shape index (κ3) is 8.84. The zero-order chi connectivity index (χ0) is 18.7. The van der Waals surface area contributed by atoms with E-state index >= 15 is 0 Å². The van der Waals surface area contributed by atoms with Gasteiger partial charge in [0.05, 0.1) is 18.3 Å². The van der Waals surface area contributed by atoms with Crippen molar-refractivity contribution in [3.8, 4) is 0 Å². The lowest BCUT2D eigenvalue weighted by Gasteiger charge is -2.21. The maximum atomic E-state index is 10.4. The topological polar surface area (TPSA) is 101 Å². The zero-order valence-electron chi connectivity index (χ0n) is 15.5. The van der Waals surface area contributed by atoms with Crippen LogP contribution in [0.25, 0.3) is 0 Å². The van der Waals surface area contributed by atoms with Crippen LogP contribution in [0.2, 0.25) is 0 Å². The maximum absolute atomic E-state index is 10.4. The van der Waals surface area contributed by atoms with E-state index in [1.807, 2.05) is 6.08 Å². The van der Waals surface area contributed by atoms with Gasteiger partial charge in [-0.05, 0) is 31.6 Å². The lowest BCUT2D eigenvalue weighted by Crippen LogP contribution is -2.21. The predicted octanol–water partition coefficient (Wildman–Crippen LogP) is 1.93. The van der Waals surface area contributed by atoms with Crippen LogP contribution in [0.15, 0.2) is 12.2 Å². The van der Waals surface area contributed by atoms with Gasteiger partial charge in [0.15, 0.2) is 0 Å². The number of aliphatic hydroxyl groups is 3. The number of carboxylic acids is 1. The summed E-state index contributed by atoms with van der Waals surface area (Å²) in [6.45, 7) is 2.13. The quantitative estimate of drug-likeness (QED) is 0.346. The Morgan fingerprint density at radius 2 is 1.84 bits per heavy atom. The average molecular weight is 355 g/mol. The molecule has 0 saturated heterocycles. The normalized spacial score (nSPS) is 27.8. The molecule has 0 aromatic heterocycles. The second kappa shape index (κ2) is 12.4. The molecule has 5 nitrogen and oxygen atoms in total. The van der Waals surface area contributed by atoms with E-state index in [0.717, 1.165) is 51.4 Å². The van der Waals surface area contributed by atoms with Crippen molar-refractivity contribution >= 4 is 5.97 Å². The van der Waals surface area contributed by atoms with Gasteiger partial charge in [0, 0.05) is 18.3 Å². The van der Waals surface area contributed by atoms with Crippen LogP contribution in [0, 0.1) is 11.8 Å². The maximum Gasteiger partial charge on any atom is 0.0721 e. The monoisotopic (exact) mass is 355 g/mol. The van der Waals surface area contributed by atoms with Crippen molar-refractivity contribution in [2.75, 3.05) is 0 Å². The van der Waals surface area contributed by atoms with E-state index in [0.29, 0.717) is 12.8 Å². The van der Waals surface area contributed by atoms with Crippen LogP contribution in [-0.4, -0.2) is 39.6 Å². The Hall–Kier alpha value is -0.910. The first-order valence-electron chi connectivity index (χ1n) is 9.88. The van der Waals surface area contributed by atoms with Crippen molar-refractivity contribution < 1.29 is 25.2 Å². The Morgan fingerprint density at radius 1 is 1.12 bits per heavy atom. The van der Waals surface area contributed by atoms with E-state index in [1.165, 1.54) is 0 Å². The van der Waals surface area contributed by atoms with Crippen LogP contribution >= 0.6 is 0 Å². The molecular formula is C20H35O5-. The van der Waals surface area contributed by atoms with E-state index < -0.39 is 24.3 Å². The van der Waals surface area contributed by atoms with Gasteiger partial charge in [0.25, 0.3) is 0 Å². The molecular weight excluding hydrogens is 320 g/mol. The van der Waals surface area contributed by atoms with Gasteiger partial charge in [-0.15, -0.1) is 0 Å². The second-order valence-corrected chi connectivity index (χ2v) is 7.38. The molecule has 0 bridgehead atoms. The first-order valence-corrected chi connectivity index (χ1v) is 9.88. The Kier molecular flexibility index (Phi) is 11.0. The van der Waals surface area contributed by atoms with Gasteiger partial charge in [0.2, 0.25) is 0 Å². The number of rotatable bonds is 13. The van der Waals surface area contributed by atoms with Crippen LogP contribution in [0.1, 0.15) is 77.6 Å². The van der Waals surface area contributed by atoms with Crippen molar-refractivity contribution in [2.45, 2.75) is 95.9 Å². The van der Waals surface area contributed by atoms with Gasteiger partial charge in [-0.2, -0.15) is 0 Å². The SMILES string of the molecule is CCCCC[C@H](O)/C=C/[C@@H]1[C@@H](CCCCCCC(=O)[O-])[C@@H](O)C[C@H]1O. The first kappa shape index (κ1) is 22.1. The molecule has 0 unspecified atom stereocenters. The number of carbonyl (C=O) groups is 1. The van der Waals surface area contributed by atoms with Gasteiger partial charge in [-0.25, -0.2) is 0 Å². The molecule has 1 aliphatic rings.